The maximum Gasteiger partial charge on any atom is 0.325 e. The number of carboxylic acid groups (broad SMARTS) is 2. The normalized spacial score (nSPS) is 29.5. The van der Waals surface area contributed by atoms with Crippen molar-refractivity contribution in [1.29, 1.82) is 0 Å². The maximum absolute atomic E-state index is 12.0. The molecule has 3 atom stereocenters. The van der Waals surface area contributed by atoms with Gasteiger partial charge in [-0.25, -0.2) is 0 Å². The van der Waals surface area contributed by atoms with Crippen LogP contribution in [0.5, 0.6) is 0 Å². The monoisotopic (exact) mass is 319 g/mol. The summed E-state index contributed by atoms with van der Waals surface area (Å²) in [5.41, 5.74) is -1.81. The zero-order valence-electron chi connectivity index (χ0n) is 10.5. The molecule has 1 saturated heterocycles. The number of aliphatic carboxylic acids is 2. The summed E-state index contributed by atoms with van der Waals surface area (Å²) < 4.78 is 0.688. The Morgan fingerprint density at radius 1 is 1.55 bits per heavy atom. The molecule has 110 valence electrons. The molecule has 0 saturated carbocycles. The lowest BCUT2D eigenvalue weighted by Crippen LogP contribution is -2.71. The van der Waals surface area contributed by atoms with Gasteiger partial charge in [0.2, 0.25) is 5.41 Å². The molecule has 0 radical (unpaired) electrons. The van der Waals surface area contributed by atoms with Gasteiger partial charge in [0.25, 0.3) is 5.91 Å². The third-order valence-electron chi connectivity index (χ3n) is 3.28. The smallest absolute Gasteiger partial charge is 0.325 e. The van der Waals surface area contributed by atoms with E-state index in [-0.39, 0.29) is 6.42 Å². The van der Waals surface area contributed by atoms with Gasteiger partial charge >= 0.3 is 11.9 Å². The number of β-lactam (4-membered cyclic amide) rings is 1. The molecule has 1 fully saturated rings. The molecule has 1 unspecified atom stereocenters. The van der Waals surface area contributed by atoms with E-state index in [0.717, 1.165) is 0 Å². The van der Waals surface area contributed by atoms with Gasteiger partial charge in [0.15, 0.2) is 0 Å². The lowest BCUT2D eigenvalue weighted by Gasteiger charge is -2.49. The van der Waals surface area contributed by atoms with Crippen molar-refractivity contribution >= 4 is 41.4 Å². The van der Waals surface area contributed by atoms with Crippen LogP contribution >= 0.6 is 23.5 Å². The zero-order valence-corrected chi connectivity index (χ0v) is 12.1. The van der Waals surface area contributed by atoms with Gasteiger partial charge in [-0.1, -0.05) is 11.8 Å². The molecule has 0 aromatic rings. The van der Waals surface area contributed by atoms with Gasteiger partial charge in [-0.15, -0.1) is 11.8 Å². The lowest BCUT2D eigenvalue weighted by atomic mass is 9.74. The number of rotatable bonds is 6. The summed E-state index contributed by atoms with van der Waals surface area (Å²) in [7, 11) is 0. The first-order chi connectivity index (χ1) is 9.31. The van der Waals surface area contributed by atoms with Crippen molar-refractivity contribution in [3.8, 4) is 0 Å². The number of hydrogen-bond acceptors (Lipinski definition) is 6. The first kappa shape index (κ1) is 15.2. The van der Waals surface area contributed by atoms with Crippen LogP contribution in [0.25, 0.3) is 0 Å². The number of amides is 1. The van der Waals surface area contributed by atoms with Crippen LogP contribution in [0, 0.1) is 5.41 Å². The van der Waals surface area contributed by atoms with Gasteiger partial charge in [0.05, 0.1) is 16.8 Å². The molecule has 9 heteroatoms. The van der Waals surface area contributed by atoms with Crippen LogP contribution in [0.2, 0.25) is 0 Å². The summed E-state index contributed by atoms with van der Waals surface area (Å²) in [5.74, 6) is -2.54. The summed E-state index contributed by atoms with van der Waals surface area (Å²) in [6.45, 7) is 1.29. The van der Waals surface area contributed by atoms with Crippen molar-refractivity contribution < 1.29 is 29.7 Å². The van der Waals surface area contributed by atoms with E-state index in [4.69, 9.17) is 5.11 Å². The van der Waals surface area contributed by atoms with E-state index in [0.29, 0.717) is 9.99 Å². The van der Waals surface area contributed by atoms with Crippen LogP contribution in [0.15, 0.2) is 10.4 Å². The molecule has 0 aromatic carbocycles. The zero-order chi connectivity index (χ0) is 15.1. The second kappa shape index (κ2) is 5.30. The Labute approximate surface area is 123 Å². The van der Waals surface area contributed by atoms with E-state index in [1.807, 2.05) is 0 Å². The van der Waals surface area contributed by atoms with Crippen molar-refractivity contribution in [2.45, 2.75) is 24.8 Å². The number of fused-ring (bicyclic) bond motifs is 1. The summed E-state index contributed by atoms with van der Waals surface area (Å²) >= 11 is 2.44. The third kappa shape index (κ3) is 2.09. The average Bonchev–Trinajstić information content (AvgIpc) is 2.68. The number of thioether (sulfide) groups is 2. The van der Waals surface area contributed by atoms with Gasteiger partial charge in [-0.3, -0.25) is 14.4 Å². The molecule has 1 amide bonds. The van der Waals surface area contributed by atoms with E-state index < -0.39 is 34.7 Å². The second-order valence-corrected chi connectivity index (χ2v) is 6.99. The molecule has 0 aromatic heterocycles. The third-order valence-corrected chi connectivity index (χ3v) is 5.88. The molecule has 3 N–H and O–H groups in total. The maximum atomic E-state index is 12.0. The van der Waals surface area contributed by atoms with E-state index in [1.54, 1.807) is 0 Å². The number of carboxylic acids is 2. The van der Waals surface area contributed by atoms with Crippen molar-refractivity contribution in [2.24, 2.45) is 5.41 Å². The predicted octanol–water partition coefficient (Wildman–Crippen LogP) is 0.360. The van der Waals surface area contributed by atoms with Gasteiger partial charge in [-0.2, -0.15) is 0 Å². The molecule has 2 heterocycles. The van der Waals surface area contributed by atoms with Crippen LogP contribution in [0.4, 0.5) is 0 Å². The number of carbonyl (C=O) groups is 3. The molecule has 2 aliphatic rings. The highest BCUT2D eigenvalue weighted by Crippen LogP contribution is 2.56. The molecule has 20 heavy (non-hydrogen) atoms. The molecule has 0 aliphatic carbocycles. The summed E-state index contributed by atoms with van der Waals surface area (Å²) in [6.07, 6.45) is 0.216. The Morgan fingerprint density at radius 2 is 2.20 bits per heavy atom. The van der Waals surface area contributed by atoms with Crippen LogP contribution in [0.3, 0.4) is 0 Å². The van der Waals surface area contributed by atoms with Crippen LogP contribution in [0.1, 0.15) is 13.3 Å². The van der Waals surface area contributed by atoms with Crippen LogP contribution in [-0.4, -0.2) is 55.3 Å². The summed E-state index contributed by atoms with van der Waals surface area (Å²) in [5, 5.41) is 26.9. The highest BCUT2D eigenvalue weighted by atomic mass is 32.2. The van der Waals surface area contributed by atoms with Gasteiger partial charge in [0, 0.05) is 12.0 Å². The SMILES string of the molecule is CC(O)[C@@]1(C(=O)O)C(=O)N2C=C(SCCC(=O)O)S[C@@H]21. The summed E-state index contributed by atoms with van der Waals surface area (Å²) in [4.78, 5) is 35.1. The van der Waals surface area contributed by atoms with E-state index >= 15 is 0 Å². The largest absolute Gasteiger partial charge is 0.481 e. The van der Waals surface area contributed by atoms with E-state index in [1.165, 1.54) is 41.5 Å². The standard InChI is InChI=1S/C11H13NO6S2/c1-5(13)11(10(17)18)8(16)12-4-7(20-9(11)12)19-3-2-6(14)15/h4-5,9,13H,2-3H2,1H3,(H,14,15)(H,17,18)/t5?,9-,11-/m1/s1. The minimum atomic E-state index is -1.81. The highest BCUT2D eigenvalue weighted by Gasteiger charge is 2.70. The Kier molecular flexibility index (Phi) is 4.03. The minimum Gasteiger partial charge on any atom is -0.481 e. The second-order valence-electron chi connectivity index (χ2n) is 4.47. The van der Waals surface area contributed by atoms with Crippen molar-refractivity contribution in [1.82, 2.24) is 4.90 Å². The van der Waals surface area contributed by atoms with Gasteiger partial charge in [-0.05, 0) is 6.92 Å². The number of aliphatic hydroxyl groups is 1. The fraction of sp³-hybridized carbons (Fsp3) is 0.545. The molecule has 0 bridgehead atoms. The van der Waals surface area contributed by atoms with Crippen molar-refractivity contribution in [3.63, 3.8) is 0 Å². The average molecular weight is 319 g/mol. The summed E-state index contributed by atoms with van der Waals surface area (Å²) in [6, 6.07) is 0. The van der Waals surface area contributed by atoms with Gasteiger partial charge in [0.1, 0.15) is 5.37 Å². The van der Waals surface area contributed by atoms with Gasteiger partial charge < -0.3 is 20.2 Å². The fourth-order valence-corrected chi connectivity index (χ4v) is 4.89. The van der Waals surface area contributed by atoms with E-state index in [9.17, 15) is 24.6 Å². The lowest BCUT2D eigenvalue weighted by molar-refractivity contribution is -0.185. The quantitative estimate of drug-likeness (QED) is 0.475. The first-order valence-electron chi connectivity index (χ1n) is 5.79. The Morgan fingerprint density at radius 3 is 2.70 bits per heavy atom. The Bertz CT molecular complexity index is 505. The minimum absolute atomic E-state index is 0.0122. The molecular formula is C11H13NO6S2. The van der Waals surface area contributed by atoms with Crippen LogP contribution < -0.4 is 0 Å². The number of nitrogens with zero attached hydrogens (tertiary/aromatic N) is 1. The highest BCUT2D eigenvalue weighted by molar-refractivity contribution is 8.22. The Hall–Kier alpha value is -1.19. The van der Waals surface area contributed by atoms with Crippen molar-refractivity contribution in [3.05, 3.63) is 10.4 Å². The number of hydrogen-bond donors (Lipinski definition) is 3. The molecule has 0 spiro atoms. The number of carbonyl (C=O) groups excluding carboxylic acids is 1. The Balaban J connectivity index is 2.07. The topological polar surface area (TPSA) is 115 Å². The molecule has 7 nitrogen and oxygen atoms in total. The number of aliphatic hydroxyl groups excluding tert-OH is 1. The fourth-order valence-electron chi connectivity index (χ4n) is 2.18. The molecule has 2 rings (SSSR count). The predicted molar refractivity (Wildman–Crippen MR) is 72.8 cm³/mol. The molecular weight excluding hydrogens is 306 g/mol. The molecule has 2 aliphatic heterocycles. The van der Waals surface area contributed by atoms with Crippen LogP contribution in [-0.2, 0) is 14.4 Å². The van der Waals surface area contributed by atoms with E-state index in [2.05, 4.69) is 0 Å². The van der Waals surface area contributed by atoms with Crippen molar-refractivity contribution in [2.75, 3.05) is 5.75 Å². The first-order valence-corrected chi connectivity index (χ1v) is 7.65.